The van der Waals surface area contributed by atoms with Crippen molar-refractivity contribution in [3.05, 3.63) is 71.8 Å². The number of likely N-dealkylation sites (tertiary alicyclic amines) is 1. The second-order valence-electron chi connectivity index (χ2n) is 9.84. The molecule has 2 aliphatic rings. The van der Waals surface area contributed by atoms with E-state index in [-0.39, 0.29) is 23.8 Å². The number of nitrogens with one attached hydrogen (secondary N) is 1. The van der Waals surface area contributed by atoms with E-state index in [0.717, 1.165) is 5.56 Å². The molecule has 174 valence electrons. The number of guanidine groups is 1. The van der Waals surface area contributed by atoms with Crippen LogP contribution in [0.15, 0.2) is 65.7 Å². The first-order valence-electron chi connectivity index (χ1n) is 11.3. The molecule has 0 radical (unpaired) electrons. The Balaban J connectivity index is 1.73. The van der Waals surface area contributed by atoms with Crippen LogP contribution in [0, 0.1) is 5.92 Å². The van der Waals surface area contributed by atoms with Gasteiger partial charge in [-0.25, -0.2) is 4.79 Å². The van der Waals surface area contributed by atoms with Gasteiger partial charge in [0.25, 0.3) is 0 Å². The van der Waals surface area contributed by atoms with Gasteiger partial charge in [-0.1, -0.05) is 60.7 Å². The summed E-state index contributed by atoms with van der Waals surface area (Å²) in [6, 6.07) is 20.4. The summed E-state index contributed by atoms with van der Waals surface area (Å²) in [5.74, 6) is -0.181. The van der Waals surface area contributed by atoms with Crippen molar-refractivity contribution in [1.29, 1.82) is 0 Å². The summed E-state index contributed by atoms with van der Waals surface area (Å²) in [7, 11) is 1.65. The average Bonchev–Trinajstić information content (AvgIpc) is 3.18. The molecule has 33 heavy (non-hydrogen) atoms. The van der Waals surface area contributed by atoms with E-state index in [9.17, 15) is 9.59 Å². The molecule has 2 heterocycles. The number of aliphatic imine (C=N–C) groups is 1. The van der Waals surface area contributed by atoms with Crippen molar-refractivity contribution in [3.63, 3.8) is 0 Å². The SMILES string of the molecule is C[C@H](c1ccccc1)N1CC2C(=O)N(C)/C(=N\C(=O)OC(C)(C)C)NC2(c2ccccc2)C1. The first-order valence-corrected chi connectivity index (χ1v) is 11.3. The van der Waals surface area contributed by atoms with Crippen LogP contribution in [0.5, 0.6) is 0 Å². The topological polar surface area (TPSA) is 74.2 Å². The molecule has 2 aliphatic heterocycles. The number of benzene rings is 2. The number of fused-ring (bicyclic) bond motifs is 1. The van der Waals surface area contributed by atoms with Gasteiger partial charge in [0, 0.05) is 26.2 Å². The normalized spacial score (nSPS) is 25.5. The minimum Gasteiger partial charge on any atom is -0.442 e. The van der Waals surface area contributed by atoms with E-state index < -0.39 is 17.2 Å². The molecule has 7 heteroatoms. The highest BCUT2D eigenvalue weighted by atomic mass is 16.6. The number of hydrogen-bond acceptors (Lipinski definition) is 4. The Hall–Kier alpha value is -3.19. The van der Waals surface area contributed by atoms with Crippen LogP contribution in [0.25, 0.3) is 0 Å². The van der Waals surface area contributed by atoms with Gasteiger partial charge in [-0.3, -0.25) is 14.6 Å². The van der Waals surface area contributed by atoms with E-state index in [1.54, 1.807) is 27.8 Å². The smallest absolute Gasteiger partial charge is 0.437 e. The van der Waals surface area contributed by atoms with Crippen molar-refractivity contribution in [2.45, 2.75) is 44.9 Å². The monoisotopic (exact) mass is 448 g/mol. The molecular formula is C26H32N4O3. The van der Waals surface area contributed by atoms with Gasteiger partial charge in [0.05, 0.1) is 11.5 Å². The molecule has 2 saturated heterocycles. The average molecular weight is 449 g/mol. The van der Waals surface area contributed by atoms with Crippen LogP contribution in [-0.4, -0.2) is 53.5 Å². The van der Waals surface area contributed by atoms with Crippen molar-refractivity contribution >= 4 is 18.0 Å². The highest BCUT2D eigenvalue weighted by Gasteiger charge is 2.57. The molecule has 3 atom stereocenters. The van der Waals surface area contributed by atoms with Crippen LogP contribution in [-0.2, 0) is 15.1 Å². The molecule has 7 nitrogen and oxygen atoms in total. The standard InChI is InChI=1S/C26H32N4O3/c1-18(19-12-8-6-9-13-19)30-16-21-22(31)29(5)23(27-24(32)33-25(2,3)4)28-26(21,17-30)20-14-10-7-11-15-20/h6-15,18,21H,16-17H2,1-5H3,(H,27,28,32)/t18-,21?,26?/m1/s1. The number of hydrogen-bond donors (Lipinski definition) is 1. The summed E-state index contributed by atoms with van der Waals surface area (Å²) in [5.41, 5.74) is 0.820. The third-order valence-electron chi connectivity index (χ3n) is 6.45. The Morgan fingerprint density at radius 1 is 1.12 bits per heavy atom. The highest BCUT2D eigenvalue weighted by molar-refractivity contribution is 6.05. The number of nitrogens with zero attached hydrogens (tertiary/aromatic N) is 3. The highest BCUT2D eigenvalue weighted by Crippen LogP contribution is 2.43. The number of amides is 2. The van der Waals surface area contributed by atoms with E-state index in [4.69, 9.17) is 4.74 Å². The molecule has 2 amide bonds. The lowest BCUT2D eigenvalue weighted by atomic mass is 9.78. The second-order valence-corrected chi connectivity index (χ2v) is 9.84. The van der Waals surface area contributed by atoms with E-state index in [1.165, 1.54) is 10.5 Å². The van der Waals surface area contributed by atoms with Gasteiger partial charge >= 0.3 is 6.09 Å². The van der Waals surface area contributed by atoms with Crippen molar-refractivity contribution in [2.24, 2.45) is 10.9 Å². The Labute approximate surface area is 195 Å². The van der Waals surface area contributed by atoms with Crippen molar-refractivity contribution in [1.82, 2.24) is 15.1 Å². The fraction of sp³-hybridized carbons (Fsp3) is 0.423. The van der Waals surface area contributed by atoms with Crippen LogP contribution < -0.4 is 5.32 Å². The lowest BCUT2D eigenvalue weighted by molar-refractivity contribution is -0.134. The molecule has 1 N–H and O–H groups in total. The molecule has 2 fully saturated rings. The number of carbonyl (C=O) groups is 2. The van der Waals surface area contributed by atoms with E-state index in [2.05, 4.69) is 34.3 Å². The van der Waals surface area contributed by atoms with Gasteiger partial charge < -0.3 is 10.1 Å². The first-order chi connectivity index (χ1) is 15.6. The predicted octanol–water partition coefficient (Wildman–Crippen LogP) is 3.93. The fourth-order valence-corrected chi connectivity index (χ4v) is 4.73. The molecule has 2 unspecified atom stereocenters. The maximum atomic E-state index is 13.6. The number of ether oxygens (including phenoxy) is 1. The molecule has 0 aliphatic carbocycles. The largest absolute Gasteiger partial charge is 0.442 e. The van der Waals surface area contributed by atoms with Crippen LogP contribution in [0.2, 0.25) is 0 Å². The molecule has 0 bridgehead atoms. The van der Waals surface area contributed by atoms with Crippen molar-refractivity contribution in [3.8, 4) is 0 Å². The Bertz CT molecular complexity index is 1050. The van der Waals surface area contributed by atoms with E-state index in [1.807, 2.05) is 48.5 Å². The van der Waals surface area contributed by atoms with Crippen LogP contribution >= 0.6 is 0 Å². The van der Waals surface area contributed by atoms with Crippen molar-refractivity contribution in [2.75, 3.05) is 20.1 Å². The quantitative estimate of drug-likeness (QED) is 0.770. The van der Waals surface area contributed by atoms with Gasteiger partial charge in [-0.2, -0.15) is 0 Å². The predicted molar refractivity (Wildman–Crippen MR) is 128 cm³/mol. The minimum absolute atomic E-state index is 0.0670. The molecular weight excluding hydrogens is 416 g/mol. The third kappa shape index (κ3) is 4.50. The third-order valence-corrected chi connectivity index (χ3v) is 6.45. The van der Waals surface area contributed by atoms with Crippen molar-refractivity contribution < 1.29 is 14.3 Å². The molecule has 0 spiro atoms. The summed E-state index contributed by atoms with van der Waals surface area (Å²) in [5, 5.41) is 3.49. The van der Waals surface area contributed by atoms with Gasteiger partial charge in [-0.05, 0) is 38.8 Å². The first kappa shape index (κ1) is 23.0. The lowest BCUT2D eigenvalue weighted by Crippen LogP contribution is -2.65. The van der Waals surface area contributed by atoms with Gasteiger partial charge in [-0.15, -0.1) is 4.99 Å². The zero-order valence-electron chi connectivity index (χ0n) is 19.9. The Morgan fingerprint density at radius 3 is 2.33 bits per heavy atom. The fourth-order valence-electron chi connectivity index (χ4n) is 4.73. The molecule has 2 aromatic rings. The summed E-state index contributed by atoms with van der Waals surface area (Å²) in [6.45, 7) is 8.72. The van der Waals surface area contributed by atoms with E-state index >= 15 is 0 Å². The molecule has 0 aromatic heterocycles. The summed E-state index contributed by atoms with van der Waals surface area (Å²) >= 11 is 0. The summed E-state index contributed by atoms with van der Waals surface area (Å²) in [6.07, 6.45) is -0.723. The lowest BCUT2D eigenvalue weighted by Gasteiger charge is -2.44. The molecule has 0 saturated carbocycles. The van der Waals surface area contributed by atoms with Crippen LogP contribution in [0.1, 0.15) is 44.9 Å². The Morgan fingerprint density at radius 2 is 1.73 bits per heavy atom. The van der Waals surface area contributed by atoms with E-state index in [0.29, 0.717) is 13.1 Å². The molecule has 2 aromatic carbocycles. The van der Waals surface area contributed by atoms with Gasteiger partial charge in [0.2, 0.25) is 11.9 Å². The zero-order chi connectivity index (χ0) is 23.8. The molecule has 4 rings (SSSR count). The number of rotatable bonds is 3. The minimum atomic E-state index is -0.723. The second kappa shape index (κ2) is 8.63. The zero-order valence-corrected chi connectivity index (χ0v) is 19.9. The Kier molecular flexibility index (Phi) is 6.01. The van der Waals surface area contributed by atoms with Crippen LogP contribution in [0.4, 0.5) is 4.79 Å². The summed E-state index contributed by atoms with van der Waals surface area (Å²) in [4.78, 5) is 34.0. The van der Waals surface area contributed by atoms with Crippen LogP contribution in [0.3, 0.4) is 0 Å². The van der Waals surface area contributed by atoms with Gasteiger partial charge in [0.1, 0.15) is 5.60 Å². The number of carbonyl (C=O) groups excluding carboxylic acids is 2. The maximum absolute atomic E-state index is 13.6. The summed E-state index contributed by atoms with van der Waals surface area (Å²) < 4.78 is 5.38. The van der Waals surface area contributed by atoms with Gasteiger partial charge in [0.15, 0.2) is 0 Å². The maximum Gasteiger partial charge on any atom is 0.437 e.